The second kappa shape index (κ2) is 4.78. The Bertz CT molecular complexity index is 606. The van der Waals surface area contributed by atoms with Crippen molar-refractivity contribution < 1.29 is 4.39 Å². The van der Waals surface area contributed by atoms with Crippen LogP contribution >= 0.6 is 0 Å². The minimum Gasteiger partial charge on any atom is -0.312 e. The van der Waals surface area contributed by atoms with Gasteiger partial charge in [0.15, 0.2) is 0 Å². The van der Waals surface area contributed by atoms with E-state index in [1.54, 1.807) is 6.07 Å². The number of rotatable bonds is 3. The maximum atomic E-state index is 13.4. The van der Waals surface area contributed by atoms with E-state index >= 15 is 0 Å². The van der Waals surface area contributed by atoms with E-state index in [4.69, 9.17) is 0 Å². The summed E-state index contributed by atoms with van der Waals surface area (Å²) in [4.78, 5) is 0. The monoisotopic (exact) mass is 255 g/mol. The molecule has 0 spiro atoms. The van der Waals surface area contributed by atoms with Crippen LogP contribution in [0.4, 0.5) is 4.39 Å². The zero-order valence-electron chi connectivity index (χ0n) is 11.3. The topological polar surface area (TPSA) is 12.0 Å². The third-order valence-electron chi connectivity index (χ3n) is 4.15. The van der Waals surface area contributed by atoms with Crippen LogP contribution in [0.3, 0.4) is 0 Å². The minimum absolute atomic E-state index is 0.132. The predicted molar refractivity (Wildman–Crippen MR) is 75.8 cm³/mol. The van der Waals surface area contributed by atoms with Crippen LogP contribution in [0.1, 0.15) is 34.2 Å². The molecule has 0 saturated carbocycles. The van der Waals surface area contributed by atoms with E-state index < -0.39 is 0 Å². The van der Waals surface area contributed by atoms with E-state index in [1.165, 1.54) is 16.7 Å². The first-order valence-electron chi connectivity index (χ1n) is 6.72. The SMILES string of the molecule is CNC(c1ccc(F)c(C)c1)C1Cc2ccccc21. The van der Waals surface area contributed by atoms with E-state index in [9.17, 15) is 4.39 Å². The molecule has 0 fully saturated rings. The summed E-state index contributed by atoms with van der Waals surface area (Å²) >= 11 is 0. The van der Waals surface area contributed by atoms with Crippen molar-refractivity contribution in [3.8, 4) is 0 Å². The highest BCUT2D eigenvalue weighted by Gasteiger charge is 2.32. The Hall–Kier alpha value is -1.67. The van der Waals surface area contributed by atoms with Crippen LogP contribution in [0.5, 0.6) is 0 Å². The highest BCUT2D eigenvalue weighted by atomic mass is 19.1. The van der Waals surface area contributed by atoms with Gasteiger partial charge in [0.25, 0.3) is 0 Å². The van der Waals surface area contributed by atoms with Crippen LogP contribution in [0.2, 0.25) is 0 Å². The molecule has 19 heavy (non-hydrogen) atoms. The zero-order chi connectivity index (χ0) is 13.4. The molecule has 2 heteroatoms. The molecule has 98 valence electrons. The van der Waals surface area contributed by atoms with Crippen LogP contribution in [-0.4, -0.2) is 7.05 Å². The Balaban J connectivity index is 1.92. The fourth-order valence-corrected chi connectivity index (χ4v) is 3.06. The molecule has 0 heterocycles. The molecule has 0 aliphatic heterocycles. The molecular weight excluding hydrogens is 237 g/mol. The molecule has 1 aliphatic rings. The lowest BCUT2D eigenvalue weighted by Crippen LogP contribution is -2.31. The van der Waals surface area contributed by atoms with Crippen molar-refractivity contribution in [1.82, 2.24) is 5.32 Å². The van der Waals surface area contributed by atoms with Gasteiger partial charge in [0, 0.05) is 12.0 Å². The van der Waals surface area contributed by atoms with Gasteiger partial charge in [-0.3, -0.25) is 0 Å². The molecular formula is C17H18FN. The Morgan fingerprint density at radius 2 is 2.00 bits per heavy atom. The number of benzene rings is 2. The Morgan fingerprint density at radius 3 is 2.68 bits per heavy atom. The average Bonchev–Trinajstić information content (AvgIpc) is 2.39. The normalized spacial score (nSPS) is 18.6. The standard InChI is InChI=1S/C17H18FN/c1-11-9-13(7-8-16(11)18)17(19-2)15-10-12-5-3-4-6-14(12)15/h3-9,15,17,19H,10H2,1-2H3. The van der Waals surface area contributed by atoms with E-state index in [2.05, 4.69) is 29.6 Å². The van der Waals surface area contributed by atoms with Gasteiger partial charge in [-0.05, 0) is 48.7 Å². The van der Waals surface area contributed by atoms with Gasteiger partial charge in [-0.25, -0.2) is 4.39 Å². The Kier molecular flexibility index (Phi) is 3.11. The maximum absolute atomic E-state index is 13.4. The van der Waals surface area contributed by atoms with Crippen LogP contribution < -0.4 is 5.32 Å². The molecule has 1 N–H and O–H groups in total. The van der Waals surface area contributed by atoms with Gasteiger partial charge in [-0.2, -0.15) is 0 Å². The van der Waals surface area contributed by atoms with E-state index in [0.717, 1.165) is 6.42 Å². The third kappa shape index (κ3) is 2.06. The fraction of sp³-hybridized carbons (Fsp3) is 0.294. The van der Waals surface area contributed by atoms with Crippen LogP contribution in [0, 0.1) is 12.7 Å². The fourth-order valence-electron chi connectivity index (χ4n) is 3.06. The second-order valence-electron chi connectivity index (χ2n) is 5.28. The smallest absolute Gasteiger partial charge is 0.126 e. The van der Waals surface area contributed by atoms with Gasteiger partial charge < -0.3 is 5.32 Å². The van der Waals surface area contributed by atoms with Gasteiger partial charge in [0.05, 0.1) is 0 Å². The number of fused-ring (bicyclic) bond motifs is 1. The molecule has 0 radical (unpaired) electrons. The number of halogens is 1. The molecule has 2 atom stereocenters. The summed E-state index contributed by atoms with van der Waals surface area (Å²) in [5.74, 6) is 0.360. The summed E-state index contributed by atoms with van der Waals surface area (Å²) in [5.41, 5.74) is 4.74. The van der Waals surface area contributed by atoms with Crippen LogP contribution in [0.25, 0.3) is 0 Å². The summed E-state index contributed by atoms with van der Waals surface area (Å²) in [6.07, 6.45) is 1.10. The van der Waals surface area contributed by atoms with Crippen molar-refractivity contribution in [2.75, 3.05) is 7.05 Å². The summed E-state index contributed by atoms with van der Waals surface area (Å²) in [6.45, 7) is 1.82. The van der Waals surface area contributed by atoms with Crippen LogP contribution in [-0.2, 0) is 6.42 Å². The van der Waals surface area contributed by atoms with Crippen molar-refractivity contribution in [3.63, 3.8) is 0 Å². The first kappa shape index (κ1) is 12.4. The number of nitrogens with one attached hydrogen (secondary N) is 1. The lowest BCUT2D eigenvalue weighted by molar-refractivity contribution is 0.438. The van der Waals surface area contributed by atoms with E-state index in [0.29, 0.717) is 11.5 Å². The Morgan fingerprint density at radius 1 is 1.21 bits per heavy atom. The summed E-state index contributed by atoms with van der Waals surface area (Å²) in [5, 5.41) is 3.39. The second-order valence-corrected chi connectivity index (χ2v) is 5.28. The average molecular weight is 255 g/mol. The molecule has 0 aromatic heterocycles. The van der Waals surface area contributed by atoms with Gasteiger partial charge in [0.2, 0.25) is 0 Å². The van der Waals surface area contributed by atoms with Gasteiger partial charge >= 0.3 is 0 Å². The zero-order valence-corrected chi connectivity index (χ0v) is 11.3. The lowest BCUT2D eigenvalue weighted by atomic mass is 9.71. The number of hydrogen-bond acceptors (Lipinski definition) is 1. The first-order chi connectivity index (χ1) is 9.20. The molecule has 0 saturated heterocycles. The van der Waals surface area contributed by atoms with Gasteiger partial charge in [-0.1, -0.05) is 36.4 Å². The molecule has 0 bridgehead atoms. The lowest BCUT2D eigenvalue weighted by Gasteiger charge is -2.37. The molecule has 2 aromatic rings. The van der Waals surface area contributed by atoms with Crippen molar-refractivity contribution in [1.29, 1.82) is 0 Å². The number of likely N-dealkylation sites (N-methyl/N-ethyl adjacent to an activating group) is 1. The number of aryl methyl sites for hydroxylation is 1. The predicted octanol–water partition coefficient (Wildman–Crippen LogP) is 3.73. The highest BCUT2D eigenvalue weighted by molar-refractivity contribution is 5.43. The van der Waals surface area contributed by atoms with E-state index in [1.807, 2.05) is 26.1 Å². The van der Waals surface area contributed by atoms with Crippen molar-refractivity contribution >= 4 is 0 Å². The first-order valence-corrected chi connectivity index (χ1v) is 6.72. The summed E-state index contributed by atoms with van der Waals surface area (Å²) in [7, 11) is 1.98. The minimum atomic E-state index is -0.132. The molecule has 1 nitrogen and oxygen atoms in total. The molecule has 1 aliphatic carbocycles. The van der Waals surface area contributed by atoms with E-state index in [-0.39, 0.29) is 11.9 Å². The van der Waals surface area contributed by atoms with Crippen molar-refractivity contribution in [2.24, 2.45) is 0 Å². The highest BCUT2D eigenvalue weighted by Crippen LogP contribution is 2.43. The summed E-state index contributed by atoms with van der Waals surface area (Å²) in [6, 6.07) is 14.2. The third-order valence-corrected chi connectivity index (χ3v) is 4.15. The van der Waals surface area contributed by atoms with Gasteiger partial charge in [-0.15, -0.1) is 0 Å². The largest absolute Gasteiger partial charge is 0.312 e. The maximum Gasteiger partial charge on any atom is 0.126 e. The van der Waals surface area contributed by atoms with Crippen LogP contribution in [0.15, 0.2) is 42.5 Å². The van der Waals surface area contributed by atoms with Crippen molar-refractivity contribution in [3.05, 3.63) is 70.5 Å². The quantitative estimate of drug-likeness (QED) is 0.881. The number of hydrogen-bond donors (Lipinski definition) is 1. The summed E-state index contributed by atoms with van der Waals surface area (Å²) < 4.78 is 13.4. The molecule has 0 amide bonds. The molecule has 2 aromatic carbocycles. The molecule has 2 unspecified atom stereocenters. The van der Waals surface area contributed by atoms with Gasteiger partial charge in [0.1, 0.15) is 5.82 Å². The van der Waals surface area contributed by atoms with Crippen molar-refractivity contribution in [2.45, 2.75) is 25.3 Å². The molecule has 3 rings (SSSR count). The Labute approximate surface area is 113 Å².